The molecule has 1 saturated heterocycles. The van der Waals surface area contributed by atoms with E-state index >= 15 is 0 Å². The van der Waals surface area contributed by atoms with Gasteiger partial charge in [0, 0.05) is 19.3 Å². The third kappa shape index (κ3) is 2.03. The summed E-state index contributed by atoms with van der Waals surface area (Å²) in [5.41, 5.74) is 7.30. The van der Waals surface area contributed by atoms with Gasteiger partial charge in [-0.25, -0.2) is 9.97 Å². The molecule has 1 amide bonds. The minimum atomic E-state index is -0.0553. The molecule has 2 aromatic rings. The van der Waals surface area contributed by atoms with Crippen molar-refractivity contribution in [3.05, 3.63) is 30.7 Å². The van der Waals surface area contributed by atoms with Crippen molar-refractivity contribution < 1.29 is 4.79 Å². The number of likely N-dealkylation sites (tertiary alicyclic amines) is 1. The molecule has 0 spiro atoms. The number of anilines is 1. The maximum atomic E-state index is 11.7. The van der Waals surface area contributed by atoms with Gasteiger partial charge >= 0.3 is 0 Å². The molecule has 2 N–H and O–H groups in total. The highest BCUT2D eigenvalue weighted by Gasteiger charge is 2.28. The number of terminal acetylenes is 1. The zero-order chi connectivity index (χ0) is 15.0. The fourth-order valence-electron chi connectivity index (χ4n) is 2.79. The molecule has 0 bridgehead atoms. The van der Waals surface area contributed by atoms with Crippen LogP contribution >= 0.6 is 0 Å². The fraction of sp³-hybridized carbons (Fsp3) is 0.267. The lowest BCUT2D eigenvalue weighted by molar-refractivity contribution is -0.125. The highest BCUT2D eigenvalue weighted by Crippen LogP contribution is 2.30. The van der Waals surface area contributed by atoms with Crippen LogP contribution in [0.15, 0.2) is 25.2 Å². The first-order valence-corrected chi connectivity index (χ1v) is 6.64. The van der Waals surface area contributed by atoms with E-state index < -0.39 is 0 Å². The van der Waals surface area contributed by atoms with Crippen LogP contribution in [0, 0.1) is 12.3 Å². The summed E-state index contributed by atoms with van der Waals surface area (Å²) in [5, 5.41) is 0.702. The topological polar surface area (TPSA) is 77.0 Å². The van der Waals surface area contributed by atoms with Crippen LogP contribution in [0.1, 0.15) is 18.0 Å². The number of carbonyl (C=O) groups is 1. The summed E-state index contributed by atoms with van der Waals surface area (Å²) in [5.74, 6) is 2.95. The number of amides is 1. The van der Waals surface area contributed by atoms with Crippen molar-refractivity contribution >= 4 is 22.8 Å². The van der Waals surface area contributed by atoms with Gasteiger partial charge in [0.25, 0.3) is 0 Å². The van der Waals surface area contributed by atoms with E-state index in [4.69, 9.17) is 12.2 Å². The van der Waals surface area contributed by atoms with Crippen molar-refractivity contribution in [2.45, 2.75) is 12.5 Å². The standard InChI is InChI=1S/C15H15N5O/c1-3-10-7-20(15-13(10)14(16)17-9-18-15)11-5-6-19(8-11)12(21)4-2/h1,4,7,9,11H,2,5-6,8H2,(H2,16,17,18)/t11-/m0/s1. The third-order valence-electron chi connectivity index (χ3n) is 3.84. The predicted octanol–water partition coefficient (Wildman–Crippen LogP) is 0.954. The van der Waals surface area contributed by atoms with Crippen LogP contribution < -0.4 is 5.73 Å². The summed E-state index contributed by atoms with van der Waals surface area (Å²) in [6.07, 6.45) is 11.0. The van der Waals surface area contributed by atoms with Gasteiger partial charge in [0.05, 0.1) is 17.0 Å². The van der Waals surface area contributed by atoms with Gasteiger partial charge in [-0.05, 0) is 12.5 Å². The highest BCUT2D eigenvalue weighted by atomic mass is 16.2. The number of hydrogen-bond acceptors (Lipinski definition) is 4. The van der Waals surface area contributed by atoms with Crippen LogP contribution in [0.25, 0.3) is 11.0 Å². The van der Waals surface area contributed by atoms with Crippen molar-refractivity contribution in [3.63, 3.8) is 0 Å². The van der Waals surface area contributed by atoms with Crippen LogP contribution in [0.4, 0.5) is 5.82 Å². The summed E-state index contributed by atoms with van der Waals surface area (Å²) in [6, 6.07) is 0.132. The maximum Gasteiger partial charge on any atom is 0.246 e. The molecular weight excluding hydrogens is 266 g/mol. The van der Waals surface area contributed by atoms with Gasteiger partial charge in [0.2, 0.25) is 5.91 Å². The minimum absolute atomic E-state index is 0.0553. The van der Waals surface area contributed by atoms with E-state index in [-0.39, 0.29) is 11.9 Å². The average Bonchev–Trinajstić information content (AvgIpc) is 3.11. The number of hydrogen-bond donors (Lipinski definition) is 1. The molecular formula is C15H15N5O. The van der Waals surface area contributed by atoms with E-state index in [0.717, 1.165) is 6.42 Å². The first-order valence-electron chi connectivity index (χ1n) is 6.64. The zero-order valence-electron chi connectivity index (χ0n) is 11.5. The molecule has 3 heterocycles. The lowest BCUT2D eigenvalue weighted by Gasteiger charge is -2.15. The van der Waals surface area contributed by atoms with Gasteiger partial charge in [-0.2, -0.15) is 0 Å². The summed E-state index contributed by atoms with van der Waals surface area (Å²) in [6.45, 7) is 4.83. The van der Waals surface area contributed by atoms with E-state index in [1.807, 2.05) is 10.8 Å². The van der Waals surface area contributed by atoms with E-state index in [9.17, 15) is 4.79 Å². The van der Waals surface area contributed by atoms with Crippen molar-refractivity contribution in [3.8, 4) is 12.3 Å². The van der Waals surface area contributed by atoms with Gasteiger partial charge in [0.1, 0.15) is 17.8 Å². The lowest BCUT2D eigenvalue weighted by atomic mass is 10.2. The monoisotopic (exact) mass is 281 g/mol. The van der Waals surface area contributed by atoms with Gasteiger partial charge in [0.15, 0.2) is 0 Å². The lowest BCUT2D eigenvalue weighted by Crippen LogP contribution is -2.27. The second-order valence-corrected chi connectivity index (χ2v) is 4.98. The Bertz CT molecular complexity index is 770. The summed E-state index contributed by atoms with van der Waals surface area (Å²) in [4.78, 5) is 21.7. The second-order valence-electron chi connectivity index (χ2n) is 4.98. The van der Waals surface area contributed by atoms with Crippen LogP contribution in [-0.2, 0) is 4.79 Å². The van der Waals surface area contributed by atoms with Gasteiger partial charge in [-0.3, -0.25) is 4.79 Å². The van der Waals surface area contributed by atoms with Crippen molar-refractivity contribution in [2.24, 2.45) is 0 Å². The first kappa shape index (κ1) is 13.2. The quantitative estimate of drug-likeness (QED) is 0.657. The van der Waals surface area contributed by atoms with E-state index in [1.54, 1.807) is 4.90 Å². The number of nitrogens with two attached hydrogens (primary N) is 1. The molecule has 1 atom stereocenters. The molecule has 0 radical (unpaired) electrons. The van der Waals surface area contributed by atoms with Gasteiger partial charge in [-0.15, -0.1) is 6.42 Å². The van der Waals surface area contributed by atoms with Crippen LogP contribution in [0.2, 0.25) is 0 Å². The Kier molecular flexibility index (Phi) is 3.10. The Morgan fingerprint density at radius 1 is 1.57 bits per heavy atom. The molecule has 0 saturated carbocycles. The first-order chi connectivity index (χ1) is 10.2. The molecule has 0 unspecified atom stereocenters. The number of fused-ring (bicyclic) bond motifs is 1. The molecule has 106 valence electrons. The molecule has 0 aromatic carbocycles. The number of nitrogens with zero attached hydrogens (tertiary/aromatic N) is 4. The van der Waals surface area contributed by atoms with Crippen molar-refractivity contribution in [2.75, 3.05) is 18.8 Å². The normalized spacial score (nSPS) is 17.9. The average molecular weight is 281 g/mol. The van der Waals surface area contributed by atoms with E-state index in [0.29, 0.717) is 35.5 Å². The highest BCUT2D eigenvalue weighted by molar-refractivity contribution is 5.92. The molecule has 1 aliphatic rings. The van der Waals surface area contributed by atoms with Crippen LogP contribution in [0.3, 0.4) is 0 Å². The van der Waals surface area contributed by atoms with Gasteiger partial charge in [-0.1, -0.05) is 12.5 Å². The van der Waals surface area contributed by atoms with Crippen molar-refractivity contribution in [1.29, 1.82) is 0 Å². The molecule has 1 aliphatic heterocycles. The Hall–Kier alpha value is -2.81. The van der Waals surface area contributed by atoms with Crippen LogP contribution in [-0.4, -0.2) is 38.4 Å². The minimum Gasteiger partial charge on any atom is -0.383 e. The fourth-order valence-corrected chi connectivity index (χ4v) is 2.79. The Morgan fingerprint density at radius 2 is 2.38 bits per heavy atom. The number of rotatable bonds is 2. The smallest absolute Gasteiger partial charge is 0.246 e. The molecule has 6 heteroatoms. The summed E-state index contributed by atoms with van der Waals surface area (Å²) >= 11 is 0. The Balaban J connectivity index is 2.03. The third-order valence-corrected chi connectivity index (χ3v) is 3.84. The second kappa shape index (κ2) is 4.94. The number of nitrogen functional groups attached to an aromatic ring is 1. The molecule has 3 rings (SSSR count). The largest absolute Gasteiger partial charge is 0.383 e. The summed E-state index contributed by atoms with van der Waals surface area (Å²) in [7, 11) is 0. The molecule has 1 fully saturated rings. The zero-order valence-corrected chi connectivity index (χ0v) is 11.5. The maximum absolute atomic E-state index is 11.7. The van der Waals surface area contributed by atoms with Gasteiger partial charge < -0.3 is 15.2 Å². The predicted molar refractivity (Wildman–Crippen MR) is 80.3 cm³/mol. The number of carbonyl (C=O) groups excluding carboxylic acids is 1. The van der Waals surface area contributed by atoms with E-state index in [1.165, 1.54) is 12.4 Å². The Labute approximate surface area is 122 Å². The SMILES string of the molecule is C#Cc1cn([C@H]2CCN(C(=O)C=C)C2)c2ncnc(N)c12. The molecule has 21 heavy (non-hydrogen) atoms. The molecule has 2 aromatic heterocycles. The molecule has 6 nitrogen and oxygen atoms in total. The van der Waals surface area contributed by atoms with Crippen LogP contribution in [0.5, 0.6) is 0 Å². The Morgan fingerprint density at radius 3 is 3.10 bits per heavy atom. The molecule has 0 aliphatic carbocycles. The van der Waals surface area contributed by atoms with Crippen molar-refractivity contribution in [1.82, 2.24) is 19.4 Å². The number of aromatic nitrogens is 3. The van der Waals surface area contributed by atoms with E-state index in [2.05, 4.69) is 22.5 Å². The summed E-state index contributed by atoms with van der Waals surface area (Å²) < 4.78 is 2.00.